The molecular weight excluding hydrogens is 372 g/mol. The number of rotatable bonds is 4. The van der Waals surface area contributed by atoms with E-state index in [9.17, 15) is 4.79 Å². The van der Waals surface area contributed by atoms with Gasteiger partial charge in [-0.25, -0.2) is 4.99 Å². The van der Waals surface area contributed by atoms with Gasteiger partial charge >= 0.3 is 0 Å². The number of amides is 1. The highest BCUT2D eigenvalue weighted by atomic mass is 16.5. The predicted molar refractivity (Wildman–Crippen MR) is 107 cm³/mol. The van der Waals surface area contributed by atoms with Crippen molar-refractivity contribution < 1.29 is 13.9 Å². The largest absolute Gasteiger partial charge is 0.495 e. The average molecular weight is 392 g/mol. The molecule has 4 heterocycles. The number of nitrogens with two attached hydrogens (primary N) is 2. The van der Waals surface area contributed by atoms with Gasteiger partial charge in [-0.2, -0.15) is 4.98 Å². The fourth-order valence-electron chi connectivity index (χ4n) is 3.83. The van der Waals surface area contributed by atoms with Crippen LogP contribution in [0.5, 0.6) is 0 Å². The molecule has 0 saturated heterocycles. The van der Waals surface area contributed by atoms with Crippen molar-refractivity contribution in [3.8, 4) is 0 Å². The Labute approximate surface area is 166 Å². The van der Waals surface area contributed by atoms with Crippen LogP contribution in [0, 0.1) is 0 Å². The molecule has 9 heteroatoms. The van der Waals surface area contributed by atoms with Crippen LogP contribution in [-0.2, 0) is 9.53 Å². The number of aromatic nitrogens is 1. The minimum absolute atomic E-state index is 0.140. The molecule has 0 fully saturated rings. The molecule has 3 aliphatic heterocycles. The number of anilines is 1. The van der Waals surface area contributed by atoms with Gasteiger partial charge in [0.15, 0.2) is 5.58 Å². The van der Waals surface area contributed by atoms with E-state index in [0.717, 1.165) is 35.6 Å². The molecule has 29 heavy (non-hydrogen) atoms. The summed E-state index contributed by atoms with van der Waals surface area (Å²) in [6, 6.07) is 5.32. The molecule has 1 unspecified atom stereocenters. The Morgan fingerprint density at radius 3 is 3.07 bits per heavy atom. The number of nitrogens with zero attached hydrogens (tertiary/aromatic N) is 3. The lowest BCUT2D eigenvalue weighted by molar-refractivity contribution is -0.119. The van der Waals surface area contributed by atoms with Crippen LogP contribution in [0.2, 0.25) is 0 Å². The molecule has 2 aromatic rings. The van der Waals surface area contributed by atoms with Gasteiger partial charge in [-0.05, 0) is 37.1 Å². The third-order valence-corrected chi connectivity index (χ3v) is 5.28. The van der Waals surface area contributed by atoms with Gasteiger partial charge < -0.3 is 30.8 Å². The molecule has 3 aliphatic rings. The maximum absolute atomic E-state index is 11.5. The second kappa shape index (κ2) is 6.40. The van der Waals surface area contributed by atoms with Crippen molar-refractivity contribution in [1.29, 1.82) is 0 Å². The minimum Gasteiger partial charge on any atom is -0.495 e. The summed E-state index contributed by atoms with van der Waals surface area (Å²) in [5.41, 5.74) is 17.1. The Bertz CT molecular complexity index is 1160. The van der Waals surface area contributed by atoms with Gasteiger partial charge in [-0.3, -0.25) is 4.79 Å². The number of amidine groups is 1. The molecule has 0 spiro atoms. The molecule has 0 radical (unpaired) electrons. The Balaban J connectivity index is 1.57. The van der Waals surface area contributed by atoms with Gasteiger partial charge in [0.05, 0.1) is 11.4 Å². The van der Waals surface area contributed by atoms with E-state index in [-0.39, 0.29) is 6.01 Å². The number of hydrogen-bond acceptors (Lipinski definition) is 8. The van der Waals surface area contributed by atoms with Crippen LogP contribution in [0.15, 0.2) is 62.6 Å². The van der Waals surface area contributed by atoms with Gasteiger partial charge in [0, 0.05) is 23.9 Å². The molecule has 5 rings (SSSR count). The van der Waals surface area contributed by atoms with E-state index in [0.29, 0.717) is 23.4 Å². The number of primary amides is 1. The van der Waals surface area contributed by atoms with E-state index < -0.39 is 11.9 Å². The van der Waals surface area contributed by atoms with Crippen molar-refractivity contribution >= 4 is 28.9 Å². The van der Waals surface area contributed by atoms with Crippen molar-refractivity contribution in [2.24, 2.45) is 10.7 Å². The number of hydrogen-bond donors (Lipinski definition) is 3. The summed E-state index contributed by atoms with van der Waals surface area (Å²) in [6.45, 7) is 3.00. The van der Waals surface area contributed by atoms with Crippen molar-refractivity contribution in [2.45, 2.75) is 19.4 Å². The Morgan fingerprint density at radius 1 is 1.38 bits per heavy atom. The topological polar surface area (TPSA) is 132 Å². The summed E-state index contributed by atoms with van der Waals surface area (Å²) in [6.07, 6.45) is 4.30. The number of aliphatic imine (C=N–C) groups is 1. The summed E-state index contributed by atoms with van der Waals surface area (Å²) < 4.78 is 11.1. The zero-order valence-corrected chi connectivity index (χ0v) is 15.8. The van der Waals surface area contributed by atoms with E-state index in [4.69, 9.17) is 25.6 Å². The standard InChI is InChI=1S/C20H20N6O3/c1-10(18(21)27)24-15-9-28-8-12-4-5-26-17(12)13(15)7-23-19(26)11-2-3-16-14(6-11)25-20(22)29-16/h2-3,6-7,9-10,24H,4-5,8H2,1H3,(H2,21,27)(H2,22,25). The smallest absolute Gasteiger partial charge is 0.292 e. The lowest BCUT2D eigenvalue weighted by atomic mass is 10.0. The summed E-state index contributed by atoms with van der Waals surface area (Å²) in [4.78, 5) is 22.6. The van der Waals surface area contributed by atoms with Crippen LogP contribution < -0.4 is 16.8 Å². The van der Waals surface area contributed by atoms with Crippen LogP contribution in [0.1, 0.15) is 18.9 Å². The van der Waals surface area contributed by atoms with Crippen LogP contribution in [0.3, 0.4) is 0 Å². The van der Waals surface area contributed by atoms with E-state index in [1.807, 2.05) is 18.2 Å². The van der Waals surface area contributed by atoms with Crippen molar-refractivity contribution in [3.05, 3.63) is 58.8 Å². The molecule has 148 valence electrons. The summed E-state index contributed by atoms with van der Waals surface area (Å²) >= 11 is 0. The summed E-state index contributed by atoms with van der Waals surface area (Å²) in [5, 5.41) is 3.13. The number of nitrogens with one attached hydrogen (secondary N) is 1. The molecule has 1 atom stereocenters. The number of fused-ring (bicyclic) bond motifs is 1. The quantitative estimate of drug-likeness (QED) is 0.715. The first kappa shape index (κ1) is 17.4. The normalized spacial score (nSPS) is 19.1. The van der Waals surface area contributed by atoms with Crippen LogP contribution in [0.25, 0.3) is 11.1 Å². The number of carbonyl (C=O) groups is 1. The second-order valence-corrected chi connectivity index (χ2v) is 7.19. The lowest BCUT2D eigenvalue weighted by Gasteiger charge is -2.30. The van der Waals surface area contributed by atoms with Gasteiger partial charge in [0.25, 0.3) is 6.01 Å². The zero-order chi connectivity index (χ0) is 20.1. The molecule has 5 N–H and O–H groups in total. The third-order valence-electron chi connectivity index (χ3n) is 5.28. The maximum atomic E-state index is 11.5. The summed E-state index contributed by atoms with van der Waals surface area (Å²) in [5.74, 6) is 0.389. The molecule has 0 aliphatic carbocycles. The number of benzene rings is 1. The van der Waals surface area contributed by atoms with Crippen LogP contribution >= 0.6 is 0 Å². The first-order valence-corrected chi connectivity index (χ1v) is 9.33. The first-order valence-electron chi connectivity index (χ1n) is 9.33. The molecule has 1 aromatic carbocycles. The molecule has 1 aromatic heterocycles. The number of carbonyl (C=O) groups excluding carboxylic acids is 1. The van der Waals surface area contributed by atoms with E-state index in [1.165, 1.54) is 5.57 Å². The molecule has 0 saturated carbocycles. The van der Waals surface area contributed by atoms with Gasteiger partial charge in [-0.15, -0.1) is 0 Å². The van der Waals surface area contributed by atoms with Crippen molar-refractivity contribution in [3.63, 3.8) is 0 Å². The third kappa shape index (κ3) is 2.82. The van der Waals surface area contributed by atoms with Crippen molar-refractivity contribution in [2.75, 3.05) is 18.9 Å². The monoisotopic (exact) mass is 392 g/mol. The number of nitrogen functional groups attached to an aromatic ring is 1. The fraction of sp³-hybridized carbons (Fsp3) is 0.250. The highest BCUT2D eigenvalue weighted by Gasteiger charge is 2.35. The van der Waals surface area contributed by atoms with Crippen LogP contribution in [-0.4, -0.2) is 40.8 Å². The van der Waals surface area contributed by atoms with Crippen LogP contribution in [0.4, 0.5) is 6.01 Å². The number of ether oxygens (including phenoxy) is 1. The fourth-order valence-corrected chi connectivity index (χ4v) is 3.83. The Kier molecular flexibility index (Phi) is 3.83. The highest BCUT2D eigenvalue weighted by Crippen LogP contribution is 2.38. The zero-order valence-electron chi connectivity index (χ0n) is 15.8. The first-order chi connectivity index (χ1) is 14.0. The molecular formula is C20H20N6O3. The molecule has 0 bridgehead atoms. The van der Waals surface area contributed by atoms with E-state index in [1.54, 1.807) is 19.4 Å². The summed E-state index contributed by atoms with van der Waals surface area (Å²) in [7, 11) is 0. The van der Waals surface area contributed by atoms with Crippen molar-refractivity contribution in [1.82, 2.24) is 15.2 Å². The minimum atomic E-state index is -0.534. The predicted octanol–water partition coefficient (Wildman–Crippen LogP) is 1.35. The van der Waals surface area contributed by atoms with Gasteiger partial charge in [-0.1, -0.05) is 0 Å². The second-order valence-electron chi connectivity index (χ2n) is 7.19. The Morgan fingerprint density at radius 2 is 2.24 bits per heavy atom. The van der Waals surface area contributed by atoms with Gasteiger partial charge in [0.2, 0.25) is 5.91 Å². The molecule has 9 nitrogen and oxygen atoms in total. The van der Waals surface area contributed by atoms with Gasteiger partial charge in [0.1, 0.15) is 30.3 Å². The Hall–Kier alpha value is -3.75. The lowest BCUT2D eigenvalue weighted by Crippen LogP contribution is -2.40. The number of oxazole rings is 1. The molecule has 1 amide bonds. The maximum Gasteiger partial charge on any atom is 0.292 e. The van der Waals surface area contributed by atoms with E-state index in [2.05, 4.69) is 15.2 Å². The highest BCUT2D eigenvalue weighted by molar-refractivity contribution is 6.04. The van der Waals surface area contributed by atoms with E-state index >= 15 is 0 Å². The SMILES string of the molecule is CC(NC1=COCC2=C3C1=CN=C(c1ccc4oc(N)nc4c1)N3CC2)C(N)=O. The average Bonchev–Trinajstić information content (AvgIpc) is 3.23.